The summed E-state index contributed by atoms with van der Waals surface area (Å²) in [4.78, 5) is 22.3. The van der Waals surface area contributed by atoms with Crippen molar-refractivity contribution in [3.05, 3.63) is 95.3 Å². The van der Waals surface area contributed by atoms with Crippen molar-refractivity contribution >= 4 is 11.6 Å². The fourth-order valence-electron chi connectivity index (χ4n) is 4.16. The van der Waals surface area contributed by atoms with E-state index in [1.165, 1.54) is 5.56 Å². The van der Waals surface area contributed by atoms with Gasteiger partial charge in [0, 0.05) is 50.8 Å². The molecule has 1 saturated heterocycles. The molecule has 0 saturated carbocycles. The van der Waals surface area contributed by atoms with Gasteiger partial charge >= 0.3 is 0 Å². The van der Waals surface area contributed by atoms with Gasteiger partial charge in [-0.2, -0.15) is 0 Å². The number of nitrogens with one attached hydrogen (secondary N) is 1. The fourth-order valence-corrected chi connectivity index (χ4v) is 4.16. The number of rotatable bonds is 6. The Morgan fingerprint density at radius 1 is 0.968 bits per heavy atom. The van der Waals surface area contributed by atoms with E-state index < -0.39 is 0 Å². The van der Waals surface area contributed by atoms with Crippen LogP contribution in [0.15, 0.2) is 73.1 Å². The predicted octanol–water partition coefficient (Wildman–Crippen LogP) is 4.20. The summed E-state index contributed by atoms with van der Waals surface area (Å²) < 4.78 is 0. The number of pyridine rings is 1. The second kappa shape index (κ2) is 9.86. The van der Waals surface area contributed by atoms with Crippen molar-refractivity contribution in [1.82, 2.24) is 14.8 Å². The van der Waals surface area contributed by atoms with E-state index in [2.05, 4.69) is 56.5 Å². The molecule has 1 aliphatic heterocycles. The van der Waals surface area contributed by atoms with Crippen LogP contribution in [-0.4, -0.2) is 46.9 Å². The first kappa shape index (κ1) is 21.2. The van der Waals surface area contributed by atoms with E-state index in [0.717, 1.165) is 55.1 Å². The van der Waals surface area contributed by atoms with E-state index in [1.807, 2.05) is 50.5 Å². The molecule has 0 aliphatic carbocycles. The number of nitrogens with zero attached hydrogens (tertiary/aromatic N) is 3. The smallest absolute Gasteiger partial charge is 0.246 e. The maximum Gasteiger partial charge on any atom is 0.246 e. The summed E-state index contributed by atoms with van der Waals surface area (Å²) in [5, 5.41) is 3.20. The monoisotopic (exact) mass is 414 g/mol. The summed E-state index contributed by atoms with van der Waals surface area (Å²) in [6.07, 6.45) is 3.68. The normalized spacial score (nSPS) is 16.1. The van der Waals surface area contributed by atoms with Crippen LogP contribution in [0.3, 0.4) is 0 Å². The van der Waals surface area contributed by atoms with Gasteiger partial charge in [0.15, 0.2) is 0 Å². The van der Waals surface area contributed by atoms with Crippen molar-refractivity contribution in [2.24, 2.45) is 0 Å². The molecule has 2 heterocycles. The maximum atomic E-state index is 13.5. The standard InChI is InChI=1S/C26H30N4O/c1-20-8-9-21(2)24(18-20)28-26(31)25(23-6-4-3-5-7-23)30-16-14-29(15-17-30)19-22-10-12-27-13-11-22/h3-13,18,25H,14-17,19H2,1-2H3,(H,28,31). The lowest BCUT2D eigenvalue weighted by Gasteiger charge is -2.39. The van der Waals surface area contributed by atoms with Gasteiger partial charge < -0.3 is 5.32 Å². The minimum absolute atomic E-state index is 0.0301. The van der Waals surface area contributed by atoms with Crippen LogP contribution in [0.4, 0.5) is 5.69 Å². The van der Waals surface area contributed by atoms with Gasteiger partial charge in [-0.05, 0) is 54.3 Å². The minimum Gasteiger partial charge on any atom is -0.324 e. The third kappa shape index (κ3) is 5.37. The highest BCUT2D eigenvalue weighted by molar-refractivity contribution is 5.96. The summed E-state index contributed by atoms with van der Waals surface area (Å²) in [5.41, 5.74) is 5.42. The summed E-state index contributed by atoms with van der Waals surface area (Å²) >= 11 is 0. The van der Waals surface area contributed by atoms with Gasteiger partial charge in [-0.3, -0.25) is 19.6 Å². The Balaban J connectivity index is 1.48. The Kier molecular flexibility index (Phi) is 6.75. The highest BCUT2D eigenvalue weighted by Crippen LogP contribution is 2.26. The number of amides is 1. The van der Waals surface area contributed by atoms with E-state index in [-0.39, 0.29) is 11.9 Å². The topological polar surface area (TPSA) is 48.5 Å². The van der Waals surface area contributed by atoms with Gasteiger partial charge in [-0.15, -0.1) is 0 Å². The number of hydrogen-bond acceptors (Lipinski definition) is 4. The van der Waals surface area contributed by atoms with Gasteiger partial charge in [-0.1, -0.05) is 42.5 Å². The summed E-state index contributed by atoms with van der Waals surface area (Å²) in [5.74, 6) is 0.0301. The van der Waals surface area contributed by atoms with Crippen molar-refractivity contribution in [1.29, 1.82) is 0 Å². The average molecular weight is 415 g/mol. The molecule has 1 N–H and O–H groups in total. The van der Waals surface area contributed by atoms with Crippen molar-refractivity contribution in [3.63, 3.8) is 0 Å². The lowest BCUT2D eigenvalue weighted by atomic mass is 10.0. The molecule has 31 heavy (non-hydrogen) atoms. The molecule has 5 nitrogen and oxygen atoms in total. The fraction of sp³-hybridized carbons (Fsp3) is 0.308. The molecular formula is C26H30N4O. The van der Waals surface area contributed by atoms with Crippen LogP contribution < -0.4 is 5.32 Å². The minimum atomic E-state index is -0.302. The molecule has 1 amide bonds. The van der Waals surface area contributed by atoms with E-state index in [1.54, 1.807) is 0 Å². The molecule has 0 radical (unpaired) electrons. The maximum absolute atomic E-state index is 13.5. The van der Waals surface area contributed by atoms with Crippen LogP contribution in [0, 0.1) is 13.8 Å². The largest absolute Gasteiger partial charge is 0.324 e. The zero-order valence-electron chi connectivity index (χ0n) is 18.3. The number of aryl methyl sites for hydroxylation is 2. The SMILES string of the molecule is Cc1ccc(C)c(NC(=O)C(c2ccccc2)N2CCN(Cc3ccncc3)CC2)c1. The Morgan fingerprint density at radius 2 is 1.68 bits per heavy atom. The Morgan fingerprint density at radius 3 is 2.39 bits per heavy atom. The molecule has 1 fully saturated rings. The van der Waals surface area contributed by atoms with Crippen molar-refractivity contribution in [2.45, 2.75) is 26.4 Å². The van der Waals surface area contributed by atoms with Gasteiger partial charge in [0.05, 0.1) is 0 Å². The molecule has 2 aromatic carbocycles. The molecule has 160 valence electrons. The number of benzene rings is 2. The zero-order valence-corrected chi connectivity index (χ0v) is 18.3. The number of carbonyl (C=O) groups excluding carboxylic acids is 1. The Bertz CT molecular complexity index is 998. The van der Waals surface area contributed by atoms with Crippen molar-refractivity contribution in [3.8, 4) is 0 Å². The third-order valence-corrected chi connectivity index (χ3v) is 5.94. The van der Waals surface area contributed by atoms with Crippen LogP contribution >= 0.6 is 0 Å². The van der Waals surface area contributed by atoms with Crippen LogP contribution in [0.2, 0.25) is 0 Å². The molecule has 1 atom stereocenters. The summed E-state index contributed by atoms with van der Waals surface area (Å²) in [6.45, 7) is 8.57. The van der Waals surface area contributed by atoms with Gasteiger partial charge in [0.2, 0.25) is 5.91 Å². The van der Waals surface area contributed by atoms with E-state index in [0.29, 0.717) is 0 Å². The van der Waals surface area contributed by atoms with Crippen molar-refractivity contribution in [2.75, 3.05) is 31.5 Å². The number of anilines is 1. The van der Waals surface area contributed by atoms with E-state index in [4.69, 9.17) is 0 Å². The van der Waals surface area contributed by atoms with Crippen LogP contribution in [-0.2, 0) is 11.3 Å². The number of piperazine rings is 1. The number of aromatic nitrogens is 1. The Hall–Kier alpha value is -3.02. The molecule has 1 aliphatic rings. The molecule has 5 heteroatoms. The zero-order chi connectivity index (χ0) is 21.6. The second-order valence-electron chi connectivity index (χ2n) is 8.29. The highest BCUT2D eigenvalue weighted by Gasteiger charge is 2.30. The molecule has 1 unspecified atom stereocenters. The van der Waals surface area contributed by atoms with Gasteiger partial charge in [0.1, 0.15) is 6.04 Å². The molecular weight excluding hydrogens is 384 g/mol. The molecule has 0 spiro atoms. The first-order chi connectivity index (χ1) is 15.1. The predicted molar refractivity (Wildman–Crippen MR) is 125 cm³/mol. The first-order valence-corrected chi connectivity index (χ1v) is 10.9. The molecule has 4 rings (SSSR count). The lowest BCUT2D eigenvalue weighted by molar-refractivity contribution is -0.122. The molecule has 3 aromatic rings. The molecule has 0 bridgehead atoms. The molecule has 1 aromatic heterocycles. The third-order valence-electron chi connectivity index (χ3n) is 5.94. The second-order valence-corrected chi connectivity index (χ2v) is 8.29. The average Bonchev–Trinajstić information content (AvgIpc) is 2.79. The lowest BCUT2D eigenvalue weighted by Crippen LogP contribution is -2.49. The first-order valence-electron chi connectivity index (χ1n) is 10.9. The van der Waals surface area contributed by atoms with Gasteiger partial charge in [0.25, 0.3) is 0 Å². The van der Waals surface area contributed by atoms with Crippen LogP contribution in [0.25, 0.3) is 0 Å². The number of hydrogen-bond donors (Lipinski definition) is 1. The Labute approximate surface area is 184 Å². The number of carbonyl (C=O) groups is 1. The van der Waals surface area contributed by atoms with Crippen LogP contribution in [0.1, 0.15) is 28.3 Å². The van der Waals surface area contributed by atoms with E-state index in [9.17, 15) is 4.79 Å². The van der Waals surface area contributed by atoms with E-state index >= 15 is 0 Å². The van der Waals surface area contributed by atoms with Gasteiger partial charge in [-0.25, -0.2) is 0 Å². The van der Waals surface area contributed by atoms with Crippen molar-refractivity contribution < 1.29 is 4.79 Å². The van der Waals surface area contributed by atoms with Crippen LogP contribution in [0.5, 0.6) is 0 Å². The highest BCUT2D eigenvalue weighted by atomic mass is 16.2. The quantitative estimate of drug-likeness (QED) is 0.657. The summed E-state index contributed by atoms with van der Waals surface area (Å²) in [6, 6.07) is 20.1. The summed E-state index contributed by atoms with van der Waals surface area (Å²) in [7, 11) is 0.